The van der Waals surface area contributed by atoms with Crippen LogP contribution in [-0.4, -0.2) is 71.4 Å². The van der Waals surface area contributed by atoms with E-state index in [1.54, 1.807) is 6.07 Å². The summed E-state index contributed by atoms with van der Waals surface area (Å²) in [7, 11) is -3.63. The van der Waals surface area contributed by atoms with E-state index < -0.39 is 15.8 Å². The molecule has 0 spiro atoms. The third-order valence-electron chi connectivity index (χ3n) is 4.14. The molecule has 0 saturated carbocycles. The van der Waals surface area contributed by atoms with Gasteiger partial charge in [0.15, 0.2) is 0 Å². The Morgan fingerprint density at radius 3 is 2.65 bits per heavy atom. The Balaban J connectivity index is 1.76. The lowest BCUT2D eigenvalue weighted by Crippen LogP contribution is -2.41. The fraction of sp³-hybridized carbons (Fsp3) is 0.588. The van der Waals surface area contributed by atoms with Crippen LogP contribution in [0.5, 0.6) is 0 Å². The van der Waals surface area contributed by atoms with Crippen LogP contribution in [0.25, 0.3) is 0 Å². The Hall–Kier alpha value is -1.71. The van der Waals surface area contributed by atoms with Crippen molar-refractivity contribution in [2.45, 2.75) is 12.8 Å². The lowest BCUT2D eigenvalue weighted by Gasteiger charge is -2.26. The van der Waals surface area contributed by atoms with E-state index in [2.05, 4.69) is 10.2 Å². The van der Waals surface area contributed by atoms with Crippen LogP contribution in [0.15, 0.2) is 24.3 Å². The molecule has 1 aromatic rings. The molecule has 1 saturated heterocycles. The zero-order valence-electron chi connectivity index (χ0n) is 15.0. The van der Waals surface area contributed by atoms with Crippen molar-refractivity contribution in [3.63, 3.8) is 0 Å². The summed E-state index contributed by atoms with van der Waals surface area (Å²) in [5.74, 6) is -0.742. The van der Waals surface area contributed by atoms with E-state index in [-0.39, 0.29) is 24.6 Å². The molecule has 1 heterocycles. The molecule has 7 nitrogen and oxygen atoms in total. The number of amides is 1. The van der Waals surface area contributed by atoms with Gasteiger partial charge in [-0.2, -0.15) is 0 Å². The molecule has 0 aliphatic carbocycles. The Morgan fingerprint density at radius 2 is 2.00 bits per heavy atom. The number of rotatable bonds is 9. The van der Waals surface area contributed by atoms with Gasteiger partial charge in [0.25, 0.3) is 0 Å². The number of ether oxygens (including phenoxy) is 1. The van der Waals surface area contributed by atoms with Gasteiger partial charge in [-0.3, -0.25) is 14.0 Å². The van der Waals surface area contributed by atoms with Gasteiger partial charge in [0.05, 0.1) is 25.2 Å². The third-order valence-corrected chi connectivity index (χ3v) is 5.32. The number of nitrogens with one attached hydrogen (secondary N) is 1. The third kappa shape index (κ3) is 6.54. The summed E-state index contributed by atoms with van der Waals surface area (Å²) in [6, 6.07) is 5.71. The highest BCUT2D eigenvalue weighted by atomic mass is 32.2. The summed E-state index contributed by atoms with van der Waals surface area (Å²) < 4.78 is 44.1. The first kappa shape index (κ1) is 20.6. The maximum absolute atomic E-state index is 13.9. The summed E-state index contributed by atoms with van der Waals surface area (Å²) in [4.78, 5) is 14.1. The fourth-order valence-electron chi connectivity index (χ4n) is 2.77. The second kappa shape index (κ2) is 9.84. The summed E-state index contributed by atoms with van der Waals surface area (Å²) in [5.41, 5.74) is 0.00252. The molecule has 0 radical (unpaired) electrons. The second-order valence-electron chi connectivity index (χ2n) is 6.19. The molecule has 1 amide bonds. The molecule has 1 aliphatic heterocycles. The number of carbonyl (C=O) groups excluding carboxylic acids is 1. The fourth-order valence-corrected chi connectivity index (χ4v) is 3.73. The van der Waals surface area contributed by atoms with E-state index in [9.17, 15) is 17.6 Å². The van der Waals surface area contributed by atoms with Crippen molar-refractivity contribution in [2.75, 3.05) is 56.5 Å². The van der Waals surface area contributed by atoms with Crippen LogP contribution in [0.1, 0.15) is 12.8 Å². The maximum atomic E-state index is 13.9. The zero-order chi connectivity index (χ0) is 19.0. The maximum Gasteiger partial charge on any atom is 0.232 e. The smallest absolute Gasteiger partial charge is 0.232 e. The highest BCUT2D eigenvalue weighted by molar-refractivity contribution is 7.92. The van der Waals surface area contributed by atoms with Gasteiger partial charge >= 0.3 is 0 Å². The number of nitrogens with zero attached hydrogens (tertiary/aromatic N) is 2. The first-order valence-corrected chi connectivity index (χ1v) is 10.5. The lowest BCUT2D eigenvalue weighted by molar-refractivity contribution is -0.121. The molecule has 1 aliphatic rings. The highest BCUT2D eigenvalue weighted by Crippen LogP contribution is 2.21. The number of benzene rings is 1. The normalized spacial score (nSPS) is 15.6. The number of carbonyl (C=O) groups is 1. The van der Waals surface area contributed by atoms with Gasteiger partial charge in [-0.25, -0.2) is 12.8 Å². The van der Waals surface area contributed by atoms with Gasteiger partial charge in [-0.1, -0.05) is 12.1 Å². The number of morpholine rings is 1. The molecule has 1 fully saturated rings. The van der Waals surface area contributed by atoms with Crippen molar-refractivity contribution in [1.82, 2.24) is 10.2 Å². The van der Waals surface area contributed by atoms with E-state index in [0.29, 0.717) is 26.2 Å². The quantitative estimate of drug-likeness (QED) is 0.679. The van der Waals surface area contributed by atoms with E-state index in [1.165, 1.54) is 18.2 Å². The summed E-state index contributed by atoms with van der Waals surface area (Å²) in [6.07, 6.45) is 1.52. The Morgan fingerprint density at radius 1 is 1.31 bits per heavy atom. The highest BCUT2D eigenvalue weighted by Gasteiger charge is 2.20. The van der Waals surface area contributed by atoms with Crippen molar-refractivity contribution in [3.05, 3.63) is 30.1 Å². The van der Waals surface area contributed by atoms with Crippen LogP contribution >= 0.6 is 0 Å². The lowest BCUT2D eigenvalue weighted by atomic mass is 10.2. The minimum absolute atomic E-state index is 0.00252. The van der Waals surface area contributed by atoms with Gasteiger partial charge in [-0.15, -0.1) is 0 Å². The van der Waals surface area contributed by atoms with E-state index in [0.717, 1.165) is 30.2 Å². The molecular formula is C17H26FN3O4S. The molecule has 0 bridgehead atoms. The zero-order valence-corrected chi connectivity index (χ0v) is 15.8. The minimum atomic E-state index is -3.63. The van der Waals surface area contributed by atoms with Gasteiger partial charge in [-0.05, 0) is 18.6 Å². The van der Waals surface area contributed by atoms with Gasteiger partial charge < -0.3 is 10.1 Å². The van der Waals surface area contributed by atoms with Crippen LogP contribution in [0, 0.1) is 5.82 Å². The number of hydrogen-bond acceptors (Lipinski definition) is 5. The SMILES string of the molecule is CS(=O)(=O)N(CCCC(=O)NCCN1CCOCC1)c1ccccc1F. The van der Waals surface area contributed by atoms with Crippen molar-refractivity contribution < 1.29 is 22.3 Å². The molecule has 9 heteroatoms. The van der Waals surface area contributed by atoms with Gasteiger partial charge in [0.1, 0.15) is 5.82 Å². The Bertz CT molecular complexity index is 693. The number of halogens is 1. The molecule has 0 unspecified atom stereocenters. The molecule has 26 heavy (non-hydrogen) atoms. The molecule has 1 aromatic carbocycles. The summed E-state index contributed by atoms with van der Waals surface area (Å²) in [5, 5.41) is 2.83. The molecule has 0 aromatic heterocycles. The van der Waals surface area contributed by atoms with Crippen LogP contribution in [-0.2, 0) is 19.6 Å². The standard InChI is InChI=1S/C17H26FN3O4S/c1-26(23,24)21(16-6-3-2-5-15(16)18)9-4-7-17(22)19-8-10-20-11-13-25-14-12-20/h2-3,5-6H,4,7-14H2,1H3,(H,19,22). The largest absolute Gasteiger partial charge is 0.379 e. The summed E-state index contributed by atoms with van der Waals surface area (Å²) >= 11 is 0. The predicted octanol–water partition coefficient (Wildman–Crippen LogP) is 0.820. The molecule has 2 rings (SSSR count). The van der Waals surface area contributed by atoms with Crippen molar-refractivity contribution in [2.24, 2.45) is 0 Å². The topological polar surface area (TPSA) is 79.0 Å². The number of para-hydroxylation sites is 1. The van der Waals surface area contributed by atoms with Crippen LogP contribution < -0.4 is 9.62 Å². The van der Waals surface area contributed by atoms with Crippen LogP contribution in [0.4, 0.5) is 10.1 Å². The number of hydrogen-bond donors (Lipinski definition) is 1. The molecular weight excluding hydrogens is 361 g/mol. The van der Waals surface area contributed by atoms with Crippen LogP contribution in [0.3, 0.4) is 0 Å². The average molecular weight is 387 g/mol. The van der Waals surface area contributed by atoms with E-state index >= 15 is 0 Å². The summed E-state index contributed by atoms with van der Waals surface area (Å²) in [6.45, 7) is 4.51. The first-order valence-electron chi connectivity index (χ1n) is 8.67. The van der Waals surface area contributed by atoms with Crippen molar-refractivity contribution in [3.8, 4) is 0 Å². The first-order chi connectivity index (χ1) is 12.4. The van der Waals surface area contributed by atoms with Crippen LogP contribution in [0.2, 0.25) is 0 Å². The average Bonchev–Trinajstić information content (AvgIpc) is 2.60. The monoisotopic (exact) mass is 387 g/mol. The number of sulfonamides is 1. The molecule has 146 valence electrons. The van der Waals surface area contributed by atoms with E-state index in [4.69, 9.17) is 4.74 Å². The van der Waals surface area contributed by atoms with Gasteiger partial charge in [0, 0.05) is 39.1 Å². The van der Waals surface area contributed by atoms with E-state index in [1.807, 2.05) is 0 Å². The second-order valence-corrected chi connectivity index (χ2v) is 8.10. The predicted molar refractivity (Wildman–Crippen MR) is 98.1 cm³/mol. The van der Waals surface area contributed by atoms with Gasteiger partial charge in [0.2, 0.25) is 15.9 Å². The Kier molecular flexibility index (Phi) is 7.80. The molecule has 0 atom stereocenters. The number of anilines is 1. The Labute approximate surface area is 154 Å². The van der Waals surface area contributed by atoms with Crippen molar-refractivity contribution >= 4 is 21.6 Å². The minimum Gasteiger partial charge on any atom is -0.379 e. The van der Waals surface area contributed by atoms with Crippen molar-refractivity contribution in [1.29, 1.82) is 0 Å². The molecule has 1 N–H and O–H groups in total.